The third kappa shape index (κ3) is 3.44. The Hall–Kier alpha value is -1.22. The summed E-state index contributed by atoms with van der Waals surface area (Å²) in [7, 11) is 1.35. The zero-order chi connectivity index (χ0) is 11.3. The molecule has 15 heavy (non-hydrogen) atoms. The average Bonchev–Trinajstić information content (AvgIpc) is 2.22. The number of ether oxygens (including phenoxy) is 2. The first-order chi connectivity index (χ1) is 7.17. The Morgan fingerprint density at radius 3 is 2.80 bits per heavy atom. The maximum Gasteiger partial charge on any atom is 0.310 e. The minimum Gasteiger partial charge on any atom is -0.494 e. The number of esters is 1. The normalized spacial score (nSPS) is 9.80. The third-order valence-corrected chi connectivity index (χ3v) is 2.12. The Kier molecular flexibility index (Phi) is 4.43. The van der Waals surface area contributed by atoms with E-state index in [0.717, 1.165) is 5.56 Å². The predicted molar refractivity (Wildman–Crippen MR) is 58.3 cm³/mol. The molecule has 0 aromatic heterocycles. The summed E-state index contributed by atoms with van der Waals surface area (Å²) < 4.78 is 9.96. The molecule has 0 saturated carbocycles. The van der Waals surface area contributed by atoms with Crippen molar-refractivity contribution in [2.75, 3.05) is 13.7 Å². The van der Waals surface area contributed by atoms with Crippen LogP contribution in [-0.2, 0) is 16.0 Å². The molecule has 4 heteroatoms. The van der Waals surface area contributed by atoms with E-state index in [1.165, 1.54) is 7.11 Å². The van der Waals surface area contributed by atoms with Crippen LogP contribution in [0, 0.1) is 0 Å². The van der Waals surface area contributed by atoms with Crippen LogP contribution in [0.4, 0.5) is 0 Å². The second-order valence-electron chi connectivity index (χ2n) is 2.94. The van der Waals surface area contributed by atoms with Crippen molar-refractivity contribution < 1.29 is 14.3 Å². The smallest absolute Gasteiger partial charge is 0.310 e. The van der Waals surface area contributed by atoms with Gasteiger partial charge in [0.2, 0.25) is 0 Å². The second-order valence-corrected chi connectivity index (χ2v) is 3.37. The molecule has 82 valence electrons. The molecule has 0 heterocycles. The van der Waals surface area contributed by atoms with Crippen molar-refractivity contribution in [3.05, 3.63) is 28.8 Å². The van der Waals surface area contributed by atoms with Gasteiger partial charge in [0.05, 0.1) is 20.1 Å². The maximum atomic E-state index is 11.1. The van der Waals surface area contributed by atoms with Crippen LogP contribution in [0.15, 0.2) is 18.2 Å². The lowest BCUT2D eigenvalue weighted by Gasteiger charge is -2.09. The van der Waals surface area contributed by atoms with Crippen LogP contribution >= 0.6 is 11.6 Å². The highest BCUT2D eigenvalue weighted by Gasteiger charge is 2.09. The first kappa shape index (κ1) is 11.9. The summed E-state index contributed by atoms with van der Waals surface area (Å²) in [4.78, 5) is 11.1. The summed E-state index contributed by atoms with van der Waals surface area (Å²) >= 11 is 5.84. The van der Waals surface area contributed by atoms with Gasteiger partial charge in [0.1, 0.15) is 5.75 Å². The van der Waals surface area contributed by atoms with Gasteiger partial charge >= 0.3 is 5.97 Å². The molecule has 0 N–H and O–H groups in total. The zero-order valence-corrected chi connectivity index (χ0v) is 9.50. The highest BCUT2D eigenvalue weighted by atomic mass is 35.5. The minimum atomic E-state index is -0.307. The van der Waals surface area contributed by atoms with Crippen molar-refractivity contribution in [1.82, 2.24) is 0 Å². The molecule has 1 aromatic rings. The summed E-state index contributed by atoms with van der Waals surface area (Å²) in [6.45, 7) is 2.44. The molecule has 0 fully saturated rings. The lowest BCUT2D eigenvalue weighted by Crippen LogP contribution is -2.06. The van der Waals surface area contributed by atoms with Crippen molar-refractivity contribution >= 4 is 17.6 Å². The largest absolute Gasteiger partial charge is 0.494 e. The molecule has 3 nitrogen and oxygen atoms in total. The number of methoxy groups -OCH3 is 1. The molecule has 0 saturated heterocycles. The van der Waals surface area contributed by atoms with E-state index >= 15 is 0 Å². The van der Waals surface area contributed by atoms with E-state index in [0.29, 0.717) is 17.4 Å². The fraction of sp³-hybridized carbons (Fsp3) is 0.364. The SMILES string of the molecule is CCOc1ccc(Cl)cc1CC(=O)OC. The van der Waals surface area contributed by atoms with Crippen molar-refractivity contribution in [3.63, 3.8) is 0 Å². The molecule has 1 rings (SSSR count). The Balaban J connectivity index is 2.91. The first-order valence-corrected chi connectivity index (χ1v) is 5.03. The fourth-order valence-corrected chi connectivity index (χ4v) is 1.40. The summed E-state index contributed by atoms with van der Waals surface area (Å²) in [5, 5.41) is 0.581. The number of halogens is 1. The Bertz CT molecular complexity index is 350. The van der Waals surface area contributed by atoms with Crippen molar-refractivity contribution in [3.8, 4) is 5.75 Å². The van der Waals surface area contributed by atoms with Crippen LogP contribution < -0.4 is 4.74 Å². The maximum absolute atomic E-state index is 11.1. The van der Waals surface area contributed by atoms with E-state index in [-0.39, 0.29) is 12.4 Å². The molecule has 0 unspecified atom stereocenters. The quantitative estimate of drug-likeness (QED) is 0.743. The van der Waals surface area contributed by atoms with E-state index in [9.17, 15) is 4.79 Å². The number of hydrogen-bond donors (Lipinski definition) is 0. The summed E-state index contributed by atoms with van der Waals surface area (Å²) in [5.74, 6) is 0.366. The van der Waals surface area contributed by atoms with E-state index < -0.39 is 0 Å². The van der Waals surface area contributed by atoms with Gasteiger partial charge in [-0.15, -0.1) is 0 Å². The van der Waals surface area contributed by atoms with Gasteiger partial charge in [0.25, 0.3) is 0 Å². The molecular weight excluding hydrogens is 216 g/mol. The standard InChI is InChI=1S/C11H13ClO3/c1-3-15-10-5-4-9(12)6-8(10)7-11(13)14-2/h4-6H,3,7H2,1-2H3. The highest BCUT2D eigenvalue weighted by molar-refractivity contribution is 6.30. The number of benzene rings is 1. The molecule has 0 aliphatic heterocycles. The molecule has 0 aliphatic carbocycles. The van der Waals surface area contributed by atoms with Crippen molar-refractivity contribution in [1.29, 1.82) is 0 Å². The number of rotatable bonds is 4. The fourth-order valence-electron chi connectivity index (χ4n) is 1.21. The molecule has 0 radical (unpaired) electrons. The Labute approximate surface area is 93.9 Å². The minimum absolute atomic E-state index is 0.173. The highest BCUT2D eigenvalue weighted by Crippen LogP contribution is 2.23. The van der Waals surface area contributed by atoms with E-state index in [4.69, 9.17) is 16.3 Å². The lowest BCUT2D eigenvalue weighted by atomic mass is 10.1. The van der Waals surface area contributed by atoms with Gasteiger partial charge in [-0.1, -0.05) is 11.6 Å². The van der Waals surface area contributed by atoms with Gasteiger partial charge in [-0.05, 0) is 25.1 Å². The van der Waals surface area contributed by atoms with Crippen LogP contribution in [0.1, 0.15) is 12.5 Å². The van der Waals surface area contributed by atoms with Gasteiger partial charge in [-0.25, -0.2) is 0 Å². The Morgan fingerprint density at radius 1 is 1.47 bits per heavy atom. The van der Waals surface area contributed by atoms with E-state index in [1.54, 1.807) is 18.2 Å². The van der Waals surface area contributed by atoms with Crippen LogP contribution in [0.2, 0.25) is 5.02 Å². The molecule has 0 bridgehead atoms. The van der Waals surface area contributed by atoms with Crippen molar-refractivity contribution in [2.24, 2.45) is 0 Å². The molecule has 0 aliphatic rings. The van der Waals surface area contributed by atoms with Gasteiger partial charge < -0.3 is 9.47 Å². The zero-order valence-electron chi connectivity index (χ0n) is 8.75. The third-order valence-electron chi connectivity index (χ3n) is 1.88. The van der Waals surface area contributed by atoms with Gasteiger partial charge in [0, 0.05) is 10.6 Å². The van der Waals surface area contributed by atoms with Gasteiger partial charge in [-0.3, -0.25) is 4.79 Å². The number of carbonyl (C=O) groups is 1. The topological polar surface area (TPSA) is 35.5 Å². The molecule has 1 aromatic carbocycles. The van der Waals surface area contributed by atoms with Crippen LogP contribution in [-0.4, -0.2) is 19.7 Å². The summed E-state index contributed by atoms with van der Waals surface area (Å²) in [6, 6.07) is 5.20. The van der Waals surface area contributed by atoms with Crippen LogP contribution in [0.25, 0.3) is 0 Å². The summed E-state index contributed by atoms with van der Waals surface area (Å²) in [6.07, 6.45) is 0.173. The molecule has 0 spiro atoms. The first-order valence-electron chi connectivity index (χ1n) is 4.65. The van der Waals surface area contributed by atoms with Gasteiger partial charge in [-0.2, -0.15) is 0 Å². The van der Waals surface area contributed by atoms with Crippen molar-refractivity contribution in [2.45, 2.75) is 13.3 Å². The van der Waals surface area contributed by atoms with E-state index in [2.05, 4.69) is 4.74 Å². The predicted octanol–water partition coefficient (Wildman–Crippen LogP) is 2.45. The Morgan fingerprint density at radius 2 is 2.20 bits per heavy atom. The molecule has 0 amide bonds. The van der Waals surface area contributed by atoms with E-state index in [1.807, 2.05) is 6.92 Å². The number of carbonyl (C=O) groups excluding carboxylic acids is 1. The summed E-state index contributed by atoms with van der Waals surface area (Å²) in [5.41, 5.74) is 0.746. The number of hydrogen-bond acceptors (Lipinski definition) is 3. The average molecular weight is 229 g/mol. The van der Waals surface area contributed by atoms with Crippen LogP contribution in [0.5, 0.6) is 5.75 Å². The van der Waals surface area contributed by atoms with Gasteiger partial charge in [0.15, 0.2) is 0 Å². The molecular formula is C11H13ClO3. The monoisotopic (exact) mass is 228 g/mol. The molecule has 0 atom stereocenters. The van der Waals surface area contributed by atoms with Crippen LogP contribution in [0.3, 0.4) is 0 Å². The lowest BCUT2D eigenvalue weighted by molar-refractivity contribution is -0.139. The second kappa shape index (κ2) is 5.61.